The van der Waals surface area contributed by atoms with Crippen LogP contribution in [0.1, 0.15) is 5.56 Å². The number of hydrogen-bond donors (Lipinski definition) is 1. The van der Waals surface area contributed by atoms with Crippen LogP contribution in [0, 0.1) is 0 Å². The lowest BCUT2D eigenvalue weighted by Gasteiger charge is -2.09. The molecule has 1 rings (SSSR count). The summed E-state index contributed by atoms with van der Waals surface area (Å²) in [4.78, 5) is 0. The molecular formula is C11H13FO2. The summed E-state index contributed by atoms with van der Waals surface area (Å²) >= 11 is 0. The van der Waals surface area contributed by atoms with Gasteiger partial charge in [0.1, 0.15) is 5.75 Å². The Kier molecular flexibility index (Phi) is 4.13. The number of aliphatic hydroxyl groups excluding tert-OH is 1. The number of rotatable bonds is 4. The Morgan fingerprint density at radius 1 is 1.50 bits per heavy atom. The van der Waals surface area contributed by atoms with Crippen LogP contribution in [0.2, 0.25) is 0 Å². The quantitative estimate of drug-likeness (QED) is 0.798. The monoisotopic (exact) mass is 196 g/mol. The standard InChI is InChI=1S/C11H13FO2/c1-14-11-5-3-2-4-9(11)8-10(13)6-7-12/h2-7,10,13H,8H2,1H3. The Morgan fingerprint density at radius 2 is 2.21 bits per heavy atom. The van der Waals surface area contributed by atoms with E-state index in [1.807, 2.05) is 18.2 Å². The molecule has 3 heteroatoms. The van der Waals surface area contributed by atoms with E-state index in [1.165, 1.54) is 0 Å². The van der Waals surface area contributed by atoms with Crippen LogP contribution in [-0.2, 0) is 6.42 Å². The van der Waals surface area contributed by atoms with Gasteiger partial charge >= 0.3 is 0 Å². The lowest BCUT2D eigenvalue weighted by molar-refractivity contribution is 0.221. The zero-order valence-electron chi connectivity index (χ0n) is 7.98. The van der Waals surface area contributed by atoms with Crippen LogP contribution in [-0.4, -0.2) is 18.3 Å². The van der Waals surface area contributed by atoms with Crippen molar-refractivity contribution in [1.29, 1.82) is 0 Å². The first-order valence-corrected chi connectivity index (χ1v) is 4.34. The van der Waals surface area contributed by atoms with Crippen molar-refractivity contribution in [2.45, 2.75) is 12.5 Å². The van der Waals surface area contributed by atoms with Gasteiger partial charge in [-0.05, 0) is 17.7 Å². The summed E-state index contributed by atoms with van der Waals surface area (Å²) in [6.07, 6.45) is 0.994. The Labute approximate surface area is 82.6 Å². The molecule has 0 saturated heterocycles. The third-order valence-electron chi connectivity index (χ3n) is 1.92. The van der Waals surface area contributed by atoms with Gasteiger partial charge in [0.05, 0.1) is 19.5 Å². The van der Waals surface area contributed by atoms with Gasteiger partial charge in [-0.25, -0.2) is 4.39 Å². The van der Waals surface area contributed by atoms with Crippen molar-refractivity contribution in [2.24, 2.45) is 0 Å². The molecule has 0 radical (unpaired) electrons. The van der Waals surface area contributed by atoms with E-state index in [0.29, 0.717) is 18.5 Å². The van der Waals surface area contributed by atoms with Crippen molar-refractivity contribution < 1.29 is 14.2 Å². The molecule has 1 N–H and O–H groups in total. The molecule has 0 aromatic heterocycles. The number of methoxy groups -OCH3 is 1. The van der Waals surface area contributed by atoms with E-state index < -0.39 is 6.10 Å². The molecule has 0 spiro atoms. The number of aliphatic hydroxyl groups is 1. The highest BCUT2D eigenvalue weighted by molar-refractivity contribution is 5.34. The second-order valence-corrected chi connectivity index (χ2v) is 2.90. The number of hydrogen-bond acceptors (Lipinski definition) is 2. The Morgan fingerprint density at radius 3 is 2.86 bits per heavy atom. The van der Waals surface area contributed by atoms with Crippen molar-refractivity contribution >= 4 is 0 Å². The first-order valence-electron chi connectivity index (χ1n) is 4.34. The SMILES string of the molecule is COc1ccccc1CC(O)C=CF. The van der Waals surface area contributed by atoms with Gasteiger partial charge in [0, 0.05) is 6.42 Å². The molecule has 1 unspecified atom stereocenters. The summed E-state index contributed by atoms with van der Waals surface area (Å²) in [7, 11) is 1.57. The molecule has 1 aromatic rings. The fraction of sp³-hybridized carbons (Fsp3) is 0.273. The highest BCUT2D eigenvalue weighted by atomic mass is 19.1. The molecule has 0 saturated carbocycles. The Bertz CT molecular complexity index is 310. The summed E-state index contributed by atoms with van der Waals surface area (Å²) in [5.41, 5.74) is 0.862. The normalized spacial score (nSPS) is 13.1. The third kappa shape index (κ3) is 2.85. The van der Waals surface area contributed by atoms with Crippen molar-refractivity contribution in [3.63, 3.8) is 0 Å². The van der Waals surface area contributed by atoms with Crippen LogP contribution in [0.5, 0.6) is 5.75 Å². The summed E-state index contributed by atoms with van der Waals surface area (Å²) < 4.78 is 16.9. The van der Waals surface area contributed by atoms with Crippen LogP contribution in [0.4, 0.5) is 4.39 Å². The number of ether oxygens (including phenoxy) is 1. The molecule has 76 valence electrons. The van der Waals surface area contributed by atoms with Crippen molar-refractivity contribution in [3.05, 3.63) is 42.2 Å². The second kappa shape index (κ2) is 5.40. The molecule has 1 aromatic carbocycles. The lowest BCUT2D eigenvalue weighted by Crippen LogP contribution is -2.07. The average molecular weight is 196 g/mol. The van der Waals surface area contributed by atoms with E-state index in [1.54, 1.807) is 13.2 Å². The second-order valence-electron chi connectivity index (χ2n) is 2.90. The molecule has 1 atom stereocenters. The topological polar surface area (TPSA) is 29.5 Å². The highest BCUT2D eigenvalue weighted by Crippen LogP contribution is 2.19. The zero-order chi connectivity index (χ0) is 10.4. The maximum Gasteiger partial charge on any atom is 0.122 e. The third-order valence-corrected chi connectivity index (χ3v) is 1.92. The molecule has 0 heterocycles. The Hall–Kier alpha value is -1.35. The minimum absolute atomic E-state index is 0.347. The van der Waals surface area contributed by atoms with E-state index in [4.69, 9.17) is 4.74 Å². The van der Waals surface area contributed by atoms with E-state index in [2.05, 4.69) is 0 Å². The summed E-state index contributed by atoms with van der Waals surface area (Å²) in [5.74, 6) is 0.707. The van der Waals surface area contributed by atoms with Gasteiger partial charge in [0.25, 0.3) is 0 Å². The summed E-state index contributed by atoms with van der Waals surface area (Å²) in [6, 6.07) is 7.35. The minimum atomic E-state index is -0.809. The van der Waals surface area contributed by atoms with E-state index in [-0.39, 0.29) is 0 Å². The van der Waals surface area contributed by atoms with Gasteiger partial charge < -0.3 is 9.84 Å². The average Bonchev–Trinajstić information content (AvgIpc) is 2.19. The van der Waals surface area contributed by atoms with Gasteiger partial charge in [0.15, 0.2) is 0 Å². The minimum Gasteiger partial charge on any atom is -0.496 e. The first-order chi connectivity index (χ1) is 6.77. The molecule has 0 aliphatic rings. The van der Waals surface area contributed by atoms with Crippen molar-refractivity contribution in [1.82, 2.24) is 0 Å². The molecule has 0 bridgehead atoms. The van der Waals surface area contributed by atoms with Crippen molar-refractivity contribution in [3.8, 4) is 5.75 Å². The van der Waals surface area contributed by atoms with Gasteiger partial charge in [-0.1, -0.05) is 18.2 Å². The van der Waals surface area contributed by atoms with E-state index >= 15 is 0 Å². The molecule has 14 heavy (non-hydrogen) atoms. The first kappa shape index (κ1) is 10.7. The maximum atomic E-state index is 11.8. The zero-order valence-corrected chi connectivity index (χ0v) is 7.98. The number of para-hydroxylation sites is 1. The predicted molar refractivity (Wildman–Crippen MR) is 53.0 cm³/mol. The fourth-order valence-corrected chi connectivity index (χ4v) is 1.25. The predicted octanol–water partition coefficient (Wildman–Crippen LogP) is 2.08. The number of halogens is 1. The van der Waals surface area contributed by atoms with Gasteiger partial charge in [-0.3, -0.25) is 0 Å². The smallest absolute Gasteiger partial charge is 0.122 e. The molecular weight excluding hydrogens is 183 g/mol. The highest BCUT2D eigenvalue weighted by Gasteiger charge is 2.06. The van der Waals surface area contributed by atoms with Crippen LogP contribution in [0.3, 0.4) is 0 Å². The van der Waals surface area contributed by atoms with Crippen LogP contribution in [0.15, 0.2) is 36.7 Å². The van der Waals surface area contributed by atoms with Crippen LogP contribution < -0.4 is 4.74 Å². The number of benzene rings is 1. The summed E-state index contributed by atoms with van der Waals surface area (Å²) in [5, 5.41) is 9.34. The maximum absolute atomic E-state index is 11.8. The fourth-order valence-electron chi connectivity index (χ4n) is 1.25. The lowest BCUT2D eigenvalue weighted by atomic mass is 10.1. The van der Waals surface area contributed by atoms with Gasteiger partial charge in [-0.15, -0.1) is 0 Å². The largest absolute Gasteiger partial charge is 0.496 e. The van der Waals surface area contributed by atoms with Crippen LogP contribution >= 0.6 is 0 Å². The van der Waals surface area contributed by atoms with E-state index in [0.717, 1.165) is 11.6 Å². The van der Waals surface area contributed by atoms with Crippen LogP contribution in [0.25, 0.3) is 0 Å². The molecule has 2 nitrogen and oxygen atoms in total. The van der Waals surface area contributed by atoms with Gasteiger partial charge in [0.2, 0.25) is 0 Å². The molecule has 0 aliphatic carbocycles. The van der Waals surface area contributed by atoms with E-state index in [9.17, 15) is 9.50 Å². The summed E-state index contributed by atoms with van der Waals surface area (Å²) in [6.45, 7) is 0. The van der Waals surface area contributed by atoms with Gasteiger partial charge in [-0.2, -0.15) is 0 Å². The Balaban J connectivity index is 2.75. The molecule has 0 amide bonds. The molecule has 0 aliphatic heterocycles. The van der Waals surface area contributed by atoms with Crippen molar-refractivity contribution in [2.75, 3.05) is 7.11 Å². The molecule has 0 fully saturated rings.